The molecule has 1 rings (SSSR count). The fraction of sp³-hybridized carbons (Fsp3) is 0. The van der Waals surface area contributed by atoms with Gasteiger partial charge < -0.3 is 0 Å². The van der Waals surface area contributed by atoms with Gasteiger partial charge in [0.1, 0.15) is 0 Å². The number of rotatable bonds is 2. The second-order valence-electron chi connectivity index (χ2n) is 2.15. The van der Waals surface area contributed by atoms with Crippen LogP contribution in [0.5, 0.6) is 0 Å². The molecule has 0 aromatic heterocycles. The van der Waals surface area contributed by atoms with Crippen LogP contribution in [0.3, 0.4) is 0 Å². The Balaban J connectivity index is 2.95. The molecule has 0 saturated heterocycles. The molecule has 0 aliphatic rings. The Kier molecular flexibility index (Phi) is 2.92. The zero-order valence-corrected chi connectivity index (χ0v) is 8.88. The zero-order chi connectivity index (χ0) is 8.27. The Labute approximate surface area is 76.8 Å². The summed E-state index contributed by atoms with van der Waals surface area (Å²) in [7, 11) is 0. The molecule has 0 bridgehead atoms. The molecule has 1 aromatic rings. The first-order chi connectivity index (χ1) is 5.22. The van der Waals surface area contributed by atoms with Gasteiger partial charge in [0.15, 0.2) is 0 Å². The summed E-state index contributed by atoms with van der Waals surface area (Å²) in [5, 5.41) is 9.13. The summed E-state index contributed by atoms with van der Waals surface area (Å²) >= 11 is 1.05. The molecule has 56 valence electrons. The Hall–Kier alpha value is -0.522. The molecule has 0 fully saturated rings. The van der Waals surface area contributed by atoms with E-state index in [1.165, 1.54) is 0 Å². The molecule has 0 amide bonds. The van der Waals surface area contributed by atoms with Crippen molar-refractivity contribution in [3.05, 3.63) is 42.5 Å². The molecule has 0 unspecified atom stereocenters. The molecule has 0 aliphatic heterocycles. The molecule has 0 heterocycles. The van der Waals surface area contributed by atoms with Crippen LogP contribution in [0.25, 0.3) is 5.57 Å². The van der Waals surface area contributed by atoms with Gasteiger partial charge in [0.05, 0.1) is 0 Å². The molecular formula is C9H8OW. The van der Waals surface area contributed by atoms with Gasteiger partial charge in [-0.1, -0.05) is 0 Å². The van der Waals surface area contributed by atoms with Crippen molar-refractivity contribution in [2.75, 3.05) is 0 Å². The Morgan fingerprint density at radius 2 is 1.82 bits per heavy atom. The van der Waals surface area contributed by atoms with Crippen LogP contribution in [0.2, 0.25) is 0 Å². The molecule has 2 heteroatoms. The third kappa shape index (κ3) is 2.21. The first kappa shape index (κ1) is 8.57. The van der Waals surface area contributed by atoms with Gasteiger partial charge in [-0.15, -0.1) is 0 Å². The molecule has 11 heavy (non-hydrogen) atoms. The topological polar surface area (TPSA) is 20.2 Å². The quantitative estimate of drug-likeness (QED) is 0.881. The zero-order valence-electron chi connectivity index (χ0n) is 5.95. The fourth-order valence-electron chi connectivity index (χ4n) is 0.763. The second kappa shape index (κ2) is 3.75. The molecule has 0 aliphatic carbocycles. The number of hydrogen-bond donors (Lipinski definition) is 1. The van der Waals surface area contributed by atoms with Crippen molar-refractivity contribution in [3.8, 4) is 0 Å². The van der Waals surface area contributed by atoms with E-state index < -0.39 is 0 Å². The number of hydrogen-bond acceptors (Lipinski definition) is 1. The maximum atomic E-state index is 9.13. The summed E-state index contributed by atoms with van der Waals surface area (Å²) in [5.41, 5.74) is 1.71. The Morgan fingerprint density at radius 3 is 2.27 bits per heavy atom. The van der Waals surface area contributed by atoms with Gasteiger partial charge in [0.25, 0.3) is 0 Å². The average Bonchev–Trinajstić information content (AvgIpc) is 2.05. The van der Waals surface area contributed by atoms with E-state index in [1.807, 2.05) is 30.3 Å². The molecule has 0 radical (unpaired) electrons. The van der Waals surface area contributed by atoms with Gasteiger partial charge in [0.2, 0.25) is 0 Å². The van der Waals surface area contributed by atoms with E-state index in [0.29, 0.717) is 4.08 Å². The minimum atomic E-state index is 0.358. The van der Waals surface area contributed by atoms with Gasteiger partial charge in [-0.2, -0.15) is 0 Å². The van der Waals surface area contributed by atoms with E-state index in [9.17, 15) is 0 Å². The van der Waals surface area contributed by atoms with Gasteiger partial charge in [-0.25, -0.2) is 0 Å². The van der Waals surface area contributed by atoms with Crippen LogP contribution in [0.1, 0.15) is 5.56 Å². The van der Waals surface area contributed by atoms with Gasteiger partial charge >= 0.3 is 76.6 Å². The number of benzene rings is 1. The monoisotopic (exact) mass is 316 g/mol. The predicted molar refractivity (Wildman–Crippen MR) is 42.4 cm³/mol. The standard InChI is InChI=1S/C9H8O.W/c1-8(7-10)9-5-3-2-4-6-9;/h2-6,10H,1H2;. The van der Waals surface area contributed by atoms with Crippen LogP contribution >= 0.6 is 0 Å². The number of aliphatic hydroxyl groups is 1. The normalized spacial score (nSPS) is 9.18. The fourth-order valence-corrected chi connectivity index (χ4v) is 1.19. The summed E-state index contributed by atoms with van der Waals surface area (Å²) in [5.74, 6) is 0. The van der Waals surface area contributed by atoms with Crippen LogP contribution in [0.15, 0.2) is 36.9 Å². The maximum absolute atomic E-state index is 9.13. The van der Waals surface area contributed by atoms with Crippen molar-refractivity contribution < 1.29 is 24.5 Å². The van der Waals surface area contributed by atoms with E-state index in [1.54, 1.807) is 0 Å². The molecule has 0 saturated carbocycles. The van der Waals surface area contributed by atoms with Crippen LogP contribution in [-0.2, 0) is 19.4 Å². The molecule has 0 atom stereocenters. The first-order valence-electron chi connectivity index (χ1n) is 3.19. The van der Waals surface area contributed by atoms with Crippen LogP contribution < -0.4 is 0 Å². The summed E-state index contributed by atoms with van der Waals surface area (Å²) < 4.78 is 0.358. The molecule has 0 spiro atoms. The van der Waals surface area contributed by atoms with Crippen molar-refractivity contribution >= 4 is 9.66 Å². The van der Waals surface area contributed by atoms with Crippen LogP contribution in [-0.4, -0.2) is 9.19 Å². The van der Waals surface area contributed by atoms with Crippen molar-refractivity contribution in [2.45, 2.75) is 0 Å². The van der Waals surface area contributed by atoms with Crippen LogP contribution in [0, 0.1) is 0 Å². The molecule has 1 aromatic carbocycles. The Morgan fingerprint density at radius 1 is 1.27 bits per heavy atom. The summed E-state index contributed by atoms with van der Waals surface area (Å²) in [4.78, 5) is 0. The average molecular weight is 316 g/mol. The van der Waals surface area contributed by atoms with Gasteiger partial charge in [0, 0.05) is 0 Å². The molecular weight excluding hydrogens is 308 g/mol. The Bertz CT molecular complexity index is 277. The van der Waals surface area contributed by atoms with E-state index in [-0.39, 0.29) is 0 Å². The molecule has 1 N–H and O–H groups in total. The van der Waals surface area contributed by atoms with E-state index >= 15 is 0 Å². The van der Waals surface area contributed by atoms with E-state index in [0.717, 1.165) is 30.5 Å². The number of aliphatic hydroxyl groups excluding tert-OH is 1. The SMILES string of the molecule is C=C([C](O)=[W])c1ccccc1. The van der Waals surface area contributed by atoms with Crippen molar-refractivity contribution in [1.82, 2.24) is 0 Å². The van der Waals surface area contributed by atoms with Crippen molar-refractivity contribution in [3.63, 3.8) is 0 Å². The van der Waals surface area contributed by atoms with Crippen molar-refractivity contribution in [1.29, 1.82) is 0 Å². The van der Waals surface area contributed by atoms with E-state index in [2.05, 4.69) is 6.58 Å². The predicted octanol–water partition coefficient (Wildman–Crippen LogP) is 1.75. The third-order valence-corrected chi connectivity index (χ3v) is 2.27. The first-order valence-corrected chi connectivity index (χ1v) is 4.66. The summed E-state index contributed by atoms with van der Waals surface area (Å²) in [6, 6.07) is 9.66. The summed E-state index contributed by atoms with van der Waals surface area (Å²) in [6.45, 7) is 3.76. The van der Waals surface area contributed by atoms with Gasteiger partial charge in [-0.3, -0.25) is 0 Å². The molecule has 1 nitrogen and oxygen atoms in total. The second-order valence-corrected chi connectivity index (χ2v) is 3.54. The third-order valence-electron chi connectivity index (χ3n) is 1.38. The van der Waals surface area contributed by atoms with Gasteiger partial charge in [-0.05, 0) is 0 Å². The minimum absolute atomic E-state index is 0.358. The van der Waals surface area contributed by atoms with Crippen LogP contribution in [0.4, 0.5) is 0 Å². The summed E-state index contributed by atoms with van der Waals surface area (Å²) in [6.07, 6.45) is 0. The van der Waals surface area contributed by atoms with E-state index in [4.69, 9.17) is 5.11 Å². The van der Waals surface area contributed by atoms with Crippen molar-refractivity contribution in [2.24, 2.45) is 0 Å².